The summed E-state index contributed by atoms with van der Waals surface area (Å²) in [6.45, 7) is 1.92. The predicted molar refractivity (Wildman–Crippen MR) is 68.4 cm³/mol. The highest BCUT2D eigenvalue weighted by atomic mass is 32.2. The van der Waals surface area contributed by atoms with Gasteiger partial charge in [0, 0.05) is 16.5 Å². The standard InChI is InChI=1S/C13H14O3S/c1-9-4-6-12(17-3)10(8-9)11(14)5-7-13(15)16-2/h4-8H,1-3H3/b7-5+. The maximum atomic E-state index is 11.9. The number of carbonyl (C=O) groups is 2. The van der Waals surface area contributed by atoms with Crippen LogP contribution in [0.15, 0.2) is 35.2 Å². The summed E-state index contributed by atoms with van der Waals surface area (Å²) in [5.74, 6) is -0.722. The first kappa shape index (κ1) is 13.5. The second-order valence-corrected chi connectivity index (χ2v) is 4.27. The highest BCUT2D eigenvalue weighted by molar-refractivity contribution is 7.98. The molecule has 17 heavy (non-hydrogen) atoms. The molecule has 0 aliphatic carbocycles. The lowest BCUT2D eigenvalue weighted by molar-refractivity contribution is -0.134. The molecular formula is C13H14O3S. The first-order valence-corrected chi connectivity index (χ1v) is 6.26. The van der Waals surface area contributed by atoms with Gasteiger partial charge in [-0.2, -0.15) is 0 Å². The van der Waals surface area contributed by atoms with Crippen LogP contribution in [0.3, 0.4) is 0 Å². The molecule has 0 aliphatic rings. The average molecular weight is 250 g/mol. The zero-order chi connectivity index (χ0) is 12.8. The number of hydrogen-bond donors (Lipinski definition) is 0. The maximum absolute atomic E-state index is 11.9. The van der Waals surface area contributed by atoms with Crippen molar-refractivity contribution in [2.75, 3.05) is 13.4 Å². The van der Waals surface area contributed by atoms with Crippen molar-refractivity contribution in [2.24, 2.45) is 0 Å². The van der Waals surface area contributed by atoms with Crippen LogP contribution in [0.25, 0.3) is 0 Å². The van der Waals surface area contributed by atoms with E-state index in [0.29, 0.717) is 5.56 Å². The van der Waals surface area contributed by atoms with Crippen molar-refractivity contribution in [1.29, 1.82) is 0 Å². The number of aryl methyl sites for hydroxylation is 1. The molecule has 0 unspecified atom stereocenters. The van der Waals surface area contributed by atoms with Crippen LogP contribution in [0, 0.1) is 6.92 Å². The fourth-order valence-electron chi connectivity index (χ4n) is 1.32. The Bertz CT molecular complexity index is 464. The van der Waals surface area contributed by atoms with Crippen molar-refractivity contribution in [3.05, 3.63) is 41.5 Å². The van der Waals surface area contributed by atoms with Gasteiger partial charge in [-0.1, -0.05) is 11.6 Å². The molecule has 1 rings (SSSR count). The van der Waals surface area contributed by atoms with Gasteiger partial charge in [-0.3, -0.25) is 4.79 Å². The Kier molecular flexibility index (Phi) is 4.97. The Balaban J connectivity index is 2.99. The van der Waals surface area contributed by atoms with Crippen molar-refractivity contribution in [3.63, 3.8) is 0 Å². The lowest BCUT2D eigenvalue weighted by Crippen LogP contribution is -2.00. The lowest BCUT2D eigenvalue weighted by atomic mass is 10.1. The van der Waals surface area contributed by atoms with E-state index in [2.05, 4.69) is 4.74 Å². The summed E-state index contributed by atoms with van der Waals surface area (Å²) in [6.07, 6.45) is 4.28. The number of allylic oxidation sites excluding steroid dienone is 1. The van der Waals surface area contributed by atoms with Gasteiger partial charge in [-0.05, 0) is 31.4 Å². The second kappa shape index (κ2) is 6.25. The Morgan fingerprint density at radius 3 is 2.59 bits per heavy atom. The van der Waals surface area contributed by atoms with E-state index in [4.69, 9.17) is 0 Å². The van der Waals surface area contributed by atoms with Crippen LogP contribution in [0.4, 0.5) is 0 Å². The van der Waals surface area contributed by atoms with Crippen LogP contribution in [0.5, 0.6) is 0 Å². The zero-order valence-electron chi connectivity index (χ0n) is 10.0. The van der Waals surface area contributed by atoms with Crippen molar-refractivity contribution >= 4 is 23.5 Å². The fourth-order valence-corrected chi connectivity index (χ4v) is 1.90. The first-order chi connectivity index (χ1) is 8.08. The molecule has 0 heterocycles. The van der Waals surface area contributed by atoms with Crippen molar-refractivity contribution in [3.8, 4) is 0 Å². The van der Waals surface area contributed by atoms with Gasteiger partial charge in [0.1, 0.15) is 0 Å². The maximum Gasteiger partial charge on any atom is 0.330 e. The van der Waals surface area contributed by atoms with E-state index in [1.54, 1.807) is 0 Å². The normalized spacial score (nSPS) is 10.5. The Morgan fingerprint density at radius 1 is 1.29 bits per heavy atom. The predicted octanol–water partition coefficient (Wildman–Crippen LogP) is 2.63. The van der Waals surface area contributed by atoms with Gasteiger partial charge in [0.25, 0.3) is 0 Å². The van der Waals surface area contributed by atoms with Crippen LogP contribution in [0.2, 0.25) is 0 Å². The second-order valence-electron chi connectivity index (χ2n) is 3.42. The summed E-state index contributed by atoms with van der Waals surface area (Å²) < 4.78 is 4.43. The van der Waals surface area contributed by atoms with Crippen molar-refractivity contribution in [1.82, 2.24) is 0 Å². The van der Waals surface area contributed by atoms with Gasteiger partial charge in [0.2, 0.25) is 0 Å². The van der Waals surface area contributed by atoms with Gasteiger partial charge in [0.05, 0.1) is 7.11 Å². The van der Waals surface area contributed by atoms with Crippen LogP contribution >= 0.6 is 11.8 Å². The smallest absolute Gasteiger partial charge is 0.330 e. The highest BCUT2D eigenvalue weighted by Crippen LogP contribution is 2.22. The molecule has 0 spiro atoms. The molecule has 0 fully saturated rings. The van der Waals surface area contributed by atoms with Gasteiger partial charge < -0.3 is 4.74 Å². The van der Waals surface area contributed by atoms with E-state index in [0.717, 1.165) is 16.5 Å². The molecule has 0 aromatic heterocycles. The van der Waals surface area contributed by atoms with Crippen molar-refractivity contribution < 1.29 is 14.3 Å². The molecule has 3 nitrogen and oxygen atoms in total. The molecule has 0 bridgehead atoms. The third-order valence-corrected chi connectivity index (χ3v) is 2.99. The molecular weight excluding hydrogens is 236 g/mol. The number of ether oxygens (including phenoxy) is 1. The lowest BCUT2D eigenvalue weighted by Gasteiger charge is -2.04. The molecule has 0 saturated heterocycles. The van der Waals surface area contributed by atoms with E-state index in [-0.39, 0.29) is 5.78 Å². The Morgan fingerprint density at radius 2 is 2.00 bits per heavy atom. The van der Waals surface area contributed by atoms with E-state index < -0.39 is 5.97 Å². The quantitative estimate of drug-likeness (QED) is 0.356. The molecule has 1 aromatic rings. The third-order valence-electron chi connectivity index (χ3n) is 2.19. The molecule has 0 radical (unpaired) electrons. The van der Waals surface area contributed by atoms with Crippen LogP contribution in [-0.2, 0) is 9.53 Å². The summed E-state index contributed by atoms with van der Waals surface area (Å²) in [5, 5.41) is 0. The molecule has 0 saturated carbocycles. The number of rotatable bonds is 4. The minimum absolute atomic E-state index is 0.191. The summed E-state index contributed by atoms with van der Waals surface area (Å²) in [6, 6.07) is 5.67. The number of esters is 1. The van der Waals surface area contributed by atoms with E-state index >= 15 is 0 Å². The highest BCUT2D eigenvalue weighted by Gasteiger charge is 2.08. The largest absolute Gasteiger partial charge is 0.466 e. The molecule has 4 heteroatoms. The Labute approximate surface area is 105 Å². The van der Waals surface area contributed by atoms with Crippen molar-refractivity contribution in [2.45, 2.75) is 11.8 Å². The summed E-state index contributed by atoms with van der Waals surface area (Å²) in [5.41, 5.74) is 1.62. The van der Waals surface area contributed by atoms with Crippen LogP contribution < -0.4 is 0 Å². The third kappa shape index (κ3) is 3.75. The number of thioether (sulfide) groups is 1. The van der Waals surface area contributed by atoms with Gasteiger partial charge in [-0.25, -0.2) is 4.79 Å². The topological polar surface area (TPSA) is 43.4 Å². The zero-order valence-corrected chi connectivity index (χ0v) is 10.8. The summed E-state index contributed by atoms with van der Waals surface area (Å²) in [4.78, 5) is 23.7. The summed E-state index contributed by atoms with van der Waals surface area (Å²) >= 11 is 1.50. The fraction of sp³-hybridized carbons (Fsp3) is 0.231. The number of carbonyl (C=O) groups excluding carboxylic acids is 2. The van der Waals surface area contributed by atoms with E-state index in [1.807, 2.05) is 31.4 Å². The number of hydrogen-bond acceptors (Lipinski definition) is 4. The van der Waals surface area contributed by atoms with Gasteiger partial charge in [0.15, 0.2) is 5.78 Å². The van der Waals surface area contributed by atoms with E-state index in [1.165, 1.54) is 24.9 Å². The SMILES string of the molecule is COC(=O)/C=C/C(=O)c1cc(C)ccc1SC. The molecule has 0 atom stereocenters. The van der Waals surface area contributed by atoms with Gasteiger partial charge >= 0.3 is 5.97 Å². The minimum atomic E-state index is -0.531. The summed E-state index contributed by atoms with van der Waals surface area (Å²) in [7, 11) is 1.27. The average Bonchev–Trinajstić information content (AvgIpc) is 2.35. The molecule has 90 valence electrons. The minimum Gasteiger partial charge on any atom is -0.466 e. The van der Waals surface area contributed by atoms with Crippen LogP contribution in [-0.4, -0.2) is 25.1 Å². The van der Waals surface area contributed by atoms with E-state index in [9.17, 15) is 9.59 Å². The molecule has 0 aliphatic heterocycles. The first-order valence-electron chi connectivity index (χ1n) is 5.03. The van der Waals surface area contributed by atoms with Gasteiger partial charge in [-0.15, -0.1) is 11.8 Å². The monoisotopic (exact) mass is 250 g/mol. The Hall–Kier alpha value is -1.55. The number of ketones is 1. The molecule has 1 aromatic carbocycles. The van der Waals surface area contributed by atoms with Crippen LogP contribution in [0.1, 0.15) is 15.9 Å². The molecule has 0 N–H and O–H groups in total. The number of methoxy groups -OCH3 is 1. The number of benzene rings is 1. The molecule has 0 amide bonds.